The predicted molar refractivity (Wildman–Crippen MR) is 153 cm³/mol. The Balaban J connectivity index is 1.49. The Hall–Kier alpha value is -2.52. The van der Waals surface area contributed by atoms with Gasteiger partial charge in [-0.15, -0.1) is 0 Å². The van der Waals surface area contributed by atoms with E-state index in [2.05, 4.69) is 22.9 Å². The number of aryl methyl sites for hydroxylation is 1. The number of nitrogens with zero attached hydrogens (tertiary/aromatic N) is 2. The summed E-state index contributed by atoms with van der Waals surface area (Å²) in [5.74, 6) is 1.21. The Morgan fingerprint density at radius 2 is 1.73 bits per heavy atom. The fourth-order valence-corrected chi connectivity index (χ4v) is 7.37. The van der Waals surface area contributed by atoms with Crippen LogP contribution in [0, 0.1) is 18.8 Å². The summed E-state index contributed by atoms with van der Waals surface area (Å²) in [5.41, 5.74) is 0.345. The van der Waals surface area contributed by atoms with Crippen molar-refractivity contribution < 1.29 is 26.3 Å². The maximum absolute atomic E-state index is 13.5. The van der Waals surface area contributed by atoms with E-state index >= 15 is 0 Å². The molecule has 2 aromatic carbocycles. The average molecular weight is 593 g/mol. The zero-order valence-corrected chi connectivity index (χ0v) is 24.0. The molecule has 3 aliphatic heterocycles. The number of hydrogen-bond acceptors (Lipinski definition) is 3. The molecular weight excluding hydrogens is 558 g/mol. The van der Waals surface area contributed by atoms with Gasteiger partial charge in [-0.2, -0.15) is 26.3 Å². The highest BCUT2D eigenvalue weighted by Crippen LogP contribution is 2.45. The molecule has 6 rings (SSSR count). The van der Waals surface area contributed by atoms with Gasteiger partial charge in [0.25, 0.3) is 0 Å². The van der Waals surface area contributed by atoms with Crippen LogP contribution in [-0.2, 0) is 18.8 Å². The van der Waals surface area contributed by atoms with E-state index in [1.54, 1.807) is 6.20 Å². The van der Waals surface area contributed by atoms with Gasteiger partial charge in [0, 0.05) is 36.5 Å². The van der Waals surface area contributed by atoms with Crippen LogP contribution < -0.4 is 0 Å². The van der Waals surface area contributed by atoms with Gasteiger partial charge in [0.15, 0.2) is 0 Å². The van der Waals surface area contributed by atoms with Crippen LogP contribution in [0.2, 0.25) is 0 Å². The normalized spacial score (nSPS) is 23.6. The van der Waals surface area contributed by atoms with Crippen LogP contribution in [0.5, 0.6) is 0 Å². The molecule has 4 unspecified atom stereocenters. The topological polar surface area (TPSA) is 16.1 Å². The fraction of sp³-hybridized carbons (Fsp3) is 0.500. The van der Waals surface area contributed by atoms with Crippen molar-refractivity contribution in [3.8, 4) is 0 Å². The van der Waals surface area contributed by atoms with Crippen molar-refractivity contribution in [1.29, 1.82) is 0 Å². The van der Waals surface area contributed by atoms with Crippen molar-refractivity contribution in [3.63, 3.8) is 0 Å². The van der Waals surface area contributed by atoms with Crippen molar-refractivity contribution in [2.24, 2.45) is 11.8 Å². The summed E-state index contributed by atoms with van der Waals surface area (Å²) < 4.78 is 80.9. The third-order valence-corrected chi connectivity index (χ3v) is 9.20. The SMILES string of the molecule is CCCC1CN2CCC1C[C@H]2C(CC(=S)Cc1cc(C(F)(F)F)cc(C(F)(F)F)c1)c1ccnc2ccc(C)cc12. The number of aromatic nitrogens is 1. The molecule has 4 heterocycles. The smallest absolute Gasteiger partial charge is 0.299 e. The number of hydrogen-bond donors (Lipinski definition) is 0. The number of alkyl halides is 6. The van der Waals surface area contributed by atoms with Crippen LogP contribution in [-0.4, -0.2) is 33.9 Å². The lowest BCUT2D eigenvalue weighted by atomic mass is 9.69. The van der Waals surface area contributed by atoms with Gasteiger partial charge in [-0.05, 0) is 103 Å². The molecular formula is C32H34F6N2S. The van der Waals surface area contributed by atoms with Crippen LogP contribution in [0.25, 0.3) is 10.9 Å². The Labute approximate surface area is 242 Å². The molecule has 0 amide bonds. The second-order valence-electron chi connectivity index (χ2n) is 11.8. The lowest BCUT2D eigenvalue weighted by Crippen LogP contribution is -2.55. The van der Waals surface area contributed by atoms with Gasteiger partial charge in [-0.25, -0.2) is 0 Å². The Bertz CT molecular complexity index is 1380. The fourth-order valence-electron chi connectivity index (χ4n) is 7.02. The number of piperidine rings is 3. The van der Waals surface area contributed by atoms with E-state index in [9.17, 15) is 26.3 Å². The molecule has 1 aromatic heterocycles. The largest absolute Gasteiger partial charge is 0.416 e. The minimum Gasteiger partial charge on any atom is -0.299 e. The van der Waals surface area contributed by atoms with Crippen LogP contribution in [0.4, 0.5) is 26.3 Å². The number of benzene rings is 2. The van der Waals surface area contributed by atoms with E-state index in [0.29, 0.717) is 23.1 Å². The first-order valence-electron chi connectivity index (χ1n) is 14.2. The molecule has 0 aliphatic carbocycles. The van der Waals surface area contributed by atoms with Crippen molar-refractivity contribution in [2.75, 3.05) is 13.1 Å². The Kier molecular flexibility index (Phi) is 8.50. The molecule has 0 N–H and O–H groups in total. The summed E-state index contributed by atoms with van der Waals surface area (Å²) in [6, 6.07) is 10.0. The summed E-state index contributed by atoms with van der Waals surface area (Å²) in [7, 11) is 0. The molecule has 3 saturated heterocycles. The highest BCUT2D eigenvalue weighted by Gasteiger charge is 2.43. The van der Waals surface area contributed by atoms with Crippen LogP contribution in [0.3, 0.4) is 0 Å². The molecule has 220 valence electrons. The number of fused-ring (bicyclic) bond motifs is 4. The lowest BCUT2D eigenvalue weighted by molar-refractivity contribution is -0.143. The lowest BCUT2D eigenvalue weighted by Gasteiger charge is -2.52. The van der Waals surface area contributed by atoms with Gasteiger partial charge < -0.3 is 0 Å². The number of thiocarbonyl (C=S) groups is 1. The molecule has 5 atom stereocenters. The minimum atomic E-state index is -4.89. The second kappa shape index (κ2) is 11.6. The van der Waals surface area contributed by atoms with Gasteiger partial charge in [-0.3, -0.25) is 9.88 Å². The summed E-state index contributed by atoms with van der Waals surface area (Å²) in [6.45, 7) is 6.23. The van der Waals surface area contributed by atoms with E-state index < -0.39 is 23.5 Å². The third kappa shape index (κ3) is 6.61. The van der Waals surface area contributed by atoms with Crippen molar-refractivity contribution in [3.05, 3.63) is 76.5 Å². The molecule has 41 heavy (non-hydrogen) atoms. The molecule has 0 saturated carbocycles. The maximum atomic E-state index is 13.5. The molecule has 3 fully saturated rings. The van der Waals surface area contributed by atoms with E-state index in [1.165, 1.54) is 6.42 Å². The van der Waals surface area contributed by atoms with Gasteiger partial charge in [-0.1, -0.05) is 37.2 Å². The molecule has 9 heteroatoms. The van der Waals surface area contributed by atoms with Gasteiger partial charge >= 0.3 is 12.4 Å². The van der Waals surface area contributed by atoms with Gasteiger partial charge in [0.2, 0.25) is 0 Å². The third-order valence-electron chi connectivity index (χ3n) is 8.89. The van der Waals surface area contributed by atoms with E-state index in [1.807, 2.05) is 25.1 Å². The highest BCUT2D eigenvalue weighted by atomic mass is 32.1. The van der Waals surface area contributed by atoms with E-state index in [4.69, 9.17) is 12.2 Å². The van der Waals surface area contributed by atoms with Crippen molar-refractivity contribution >= 4 is 28.0 Å². The van der Waals surface area contributed by atoms with E-state index in [-0.39, 0.29) is 30.0 Å². The zero-order chi connectivity index (χ0) is 29.5. The molecule has 3 aliphatic rings. The summed E-state index contributed by atoms with van der Waals surface area (Å²) >= 11 is 5.76. The first-order valence-corrected chi connectivity index (χ1v) is 14.6. The first kappa shape index (κ1) is 30.0. The summed E-state index contributed by atoms with van der Waals surface area (Å²) in [4.78, 5) is 7.54. The summed E-state index contributed by atoms with van der Waals surface area (Å²) in [6.07, 6.45) is -3.25. The standard InChI is InChI=1S/C32H34F6N2S/c1-3-4-22-18-40-10-8-21(22)15-30(40)28(26-7-9-39-29-6-5-19(2)11-27(26)29)17-25(41)14-20-12-23(31(33,34)35)16-24(13-20)32(36,37)38/h5-7,9,11-13,16,21-22,28,30H,3-4,8,10,14-15,17-18H2,1-2H3/t21?,22?,28?,30-/m0/s1. The predicted octanol–water partition coefficient (Wildman–Crippen LogP) is 9.18. The molecule has 0 spiro atoms. The number of pyridine rings is 1. The first-order chi connectivity index (χ1) is 19.3. The van der Waals surface area contributed by atoms with Gasteiger partial charge in [0.05, 0.1) is 16.6 Å². The van der Waals surface area contributed by atoms with Crippen LogP contribution >= 0.6 is 12.2 Å². The van der Waals surface area contributed by atoms with Crippen LogP contribution in [0.1, 0.15) is 72.8 Å². The monoisotopic (exact) mass is 592 g/mol. The van der Waals surface area contributed by atoms with E-state index in [0.717, 1.165) is 66.5 Å². The molecule has 2 nitrogen and oxygen atoms in total. The van der Waals surface area contributed by atoms with Crippen LogP contribution in [0.15, 0.2) is 48.7 Å². The van der Waals surface area contributed by atoms with Crippen molar-refractivity contribution in [2.45, 2.75) is 76.7 Å². The Morgan fingerprint density at radius 3 is 2.34 bits per heavy atom. The summed E-state index contributed by atoms with van der Waals surface area (Å²) in [5, 5.41) is 1.02. The maximum Gasteiger partial charge on any atom is 0.416 e. The average Bonchev–Trinajstić information content (AvgIpc) is 2.91. The second-order valence-corrected chi connectivity index (χ2v) is 12.3. The van der Waals surface area contributed by atoms with Gasteiger partial charge in [0.1, 0.15) is 0 Å². The van der Waals surface area contributed by atoms with Crippen molar-refractivity contribution in [1.82, 2.24) is 9.88 Å². The number of rotatable bonds is 8. The Morgan fingerprint density at radius 1 is 1.02 bits per heavy atom. The molecule has 3 aromatic rings. The quantitative estimate of drug-likeness (QED) is 0.192. The minimum absolute atomic E-state index is 0.0481. The zero-order valence-electron chi connectivity index (χ0n) is 23.2. The highest BCUT2D eigenvalue weighted by molar-refractivity contribution is 7.80. The number of halogens is 6. The molecule has 0 radical (unpaired) electrons. The molecule has 2 bridgehead atoms.